The van der Waals surface area contributed by atoms with Crippen molar-refractivity contribution in [2.75, 3.05) is 24.3 Å². The minimum atomic E-state index is -0.533. The van der Waals surface area contributed by atoms with Gasteiger partial charge in [0, 0.05) is 38.0 Å². The molecule has 2 aromatic heterocycles. The SMILES string of the molecule is CN1CC[C@@H](NC(=O)c2cnc(NNC(=S)Nc3nccc4c3Cc3ccccc3CC4)c(Cl)c2)C1=O. The fraction of sp³-hybridized carbons (Fsp3) is 0.269. The molecule has 1 saturated heterocycles. The van der Waals surface area contributed by atoms with Gasteiger partial charge >= 0.3 is 0 Å². The van der Waals surface area contributed by atoms with Gasteiger partial charge in [-0.15, -0.1) is 0 Å². The lowest BCUT2D eigenvalue weighted by Crippen LogP contribution is -2.40. The second-order valence-corrected chi connectivity index (χ2v) is 9.89. The average Bonchev–Trinajstić information content (AvgIpc) is 3.09. The van der Waals surface area contributed by atoms with Crippen LogP contribution >= 0.6 is 23.8 Å². The molecule has 0 radical (unpaired) electrons. The Hall–Kier alpha value is -3.76. The van der Waals surface area contributed by atoms with Crippen molar-refractivity contribution in [1.82, 2.24) is 25.6 Å². The molecule has 3 heterocycles. The van der Waals surface area contributed by atoms with Crippen LogP contribution in [0.3, 0.4) is 0 Å². The van der Waals surface area contributed by atoms with Crippen molar-refractivity contribution in [3.8, 4) is 0 Å². The van der Waals surface area contributed by atoms with Gasteiger partial charge in [0.1, 0.15) is 11.9 Å². The lowest BCUT2D eigenvalue weighted by Gasteiger charge is -2.16. The van der Waals surface area contributed by atoms with Crippen molar-refractivity contribution >= 4 is 52.4 Å². The summed E-state index contributed by atoms with van der Waals surface area (Å²) in [7, 11) is 1.71. The fourth-order valence-electron chi connectivity index (χ4n) is 4.61. The highest BCUT2D eigenvalue weighted by molar-refractivity contribution is 7.80. The van der Waals surface area contributed by atoms with Gasteiger partial charge in [-0.05, 0) is 60.3 Å². The first-order chi connectivity index (χ1) is 17.9. The molecule has 190 valence electrons. The second-order valence-electron chi connectivity index (χ2n) is 9.08. The van der Waals surface area contributed by atoms with E-state index in [0.29, 0.717) is 29.7 Å². The van der Waals surface area contributed by atoms with Crippen LogP contribution < -0.4 is 21.5 Å². The maximum atomic E-state index is 12.6. The highest BCUT2D eigenvalue weighted by atomic mass is 35.5. The number of rotatable bonds is 5. The first-order valence-electron chi connectivity index (χ1n) is 12.0. The van der Waals surface area contributed by atoms with Gasteiger partial charge in [-0.2, -0.15) is 0 Å². The highest BCUT2D eigenvalue weighted by Gasteiger charge is 2.30. The summed E-state index contributed by atoms with van der Waals surface area (Å²) in [5.41, 5.74) is 11.0. The van der Waals surface area contributed by atoms with Crippen LogP contribution in [0.25, 0.3) is 0 Å². The van der Waals surface area contributed by atoms with Gasteiger partial charge in [0.2, 0.25) is 5.91 Å². The molecule has 11 heteroatoms. The lowest BCUT2D eigenvalue weighted by molar-refractivity contribution is -0.128. The standard InChI is InChI=1S/C26H26ClN7O2S/c1-34-11-9-21(25(34)36)30-24(35)18-13-20(27)23(29-14-18)32-33-26(37)31-22-19-12-17-5-3-2-4-15(17)6-7-16(19)8-10-28-22/h2-5,8,10,13-14,21H,6-7,9,11-12H2,1H3,(H,29,32)(H,30,35)(H2,28,31,33,37)/t21-/m1/s1. The Bertz CT molecular complexity index is 1380. The van der Waals surface area contributed by atoms with E-state index in [-0.39, 0.29) is 16.5 Å². The third-order valence-electron chi connectivity index (χ3n) is 6.66. The molecule has 9 nitrogen and oxygen atoms in total. The molecule has 2 aliphatic rings. The fourth-order valence-corrected chi connectivity index (χ4v) is 4.97. The number of hydrazine groups is 1. The number of nitrogens with one attached hydrogen (secondary N) is 4. The van der Waals surface area contributed by atoms with Gasteiger partial charge in [0.25, 0.3) is 5.91 Å². The quantitative estimate of drug-likeness (QED) is 0.291. The molecule has 4 N–H and O–H groups in total. The predicted molar refractivity (Wildman–Crippen MR) is 147 cm³/mol. The van der Waals surface area contributed by atoms with Gasteiger partial charge in [-0.1, -0.05) is 35.9 Å². The van der Waals surface area contributed by atoms with E-state index in [4.69, 9.17) is 23.8 Å². The lowest BCUT2D eigenvalue weighted by atomic mass is 10.0. The van der Waals surface area contributed by atoms with Gasteiger partial charge in [-0.25, -0.2) is 9.97 Å². The third kappa shape index (κ3) is 5.50. The number of likely N-dealkylation sites (tertiary alicyclic amines) is 1. The van der Waals surface area contributed by atoms with E-state index in [2.05, 4.69) is 61.8 Å². The van der Waals surface area contributed by atoms with E-state index < -0.39 is 11.9 Å². The molecule has 2 amide bonds. The summed E-state index contributed by atoms with van der Waals surface area (Å²) in [5, 5.41) is 6.42. The number of carbonyl (C=O) groups excluding carboxylic acids is 2. The smallest absolute Gasteiger partial charge is 0.253 e. The number of anilines is 2. The van der Waals surface area contributed by atoms with E-state index in [9.17, 15) is 9.59 Å². The van der Waals surface area contributed by atoms with E-state index in [1.807, 2.05) is 0 Å². The molecule has 5 rings (SSSR count). The van der Waals surface area contributed by atoms with Crippen LogP contribution in [0.1, 0.15) is 39.0 Å². The molecule has 0 saturated carbocycles. The molecular formula is C26H26ClN7O2S. The third-order valence-corrected chi connectivity index (χ3v) is 7.16. The zero-order valence-corrected chi connectivity index (χ0v) is 21.7. The van der Waals surface area contributed by atoms with Crippen LogP contribution in [-0.4, -0.2) is 51.4 Å². The molecule has 0 bridgehead atoms. The minimum absolute atomic E-state index is 0.107. The van der Waals surface area contributed by atoms with E-state index in [1.165, 1.54) is 29.0 Å². The summed E-state index contributed by atoms with van der Waals surface area (Å²) in [4.78, 5) is 34.9. The summed E-state index contributed by atoms with van der Waals surface area (Å²) in [6, 6.07) is 11.5. The number of hydrogen-bond donors (Lipinski definition) is 4. The predicted octanol–water partition coefficient (Wildman–Crippen LogP) is 3.09. The zero-order valence-electron chi connectivity index (χ0n) is 20.2. The van der Waals surface area contributed by atoms with Crippen molar-refractivity contribution in [3.63, 3.8) is 0 Å². The van der Waals surface area contributed by atoms with E-state index in [0.717, 1.165) is 24.8 Å². The summed E-state index contributed by atoms with van der Waals surface area (Å²) in [5.74, 6) is 0.488. The molecule has 37 heavy (non-hydrogen) atoms. The second kappa shape index (κ2) is 10.7. The maximum absolute atomic E-state index is 12.6. The molecule has 1 aliphatic carbocycles. The number of fused-ring (bicyclic) bond motifs is 2. The number of likely N-dealkylation sites (N-methyl/N-ethyl adjacent to an activating group) is 1. The number of aryl methyl sites for hydroxylation is 2. The van der Waals surface area contributed by atoms with Crippen molar-refractivity contribution in [2.24, 2.45) is 0 Å². The number of carbonyl (C=O) groups is 2. The van der Waals surface area contributed by atoms with Crippen LogP contribution in [0.4, 0.5) is 11.6 Å². The molecule has 0 unspecified atom stereocenters. The Morgan fingerprint density at radius 2 is 1.89 bits per heavy atom. The summed E-state index contributed by atoms with van der Waals surface area (Å²) in [6.07, 6.45) is 6.45. The number of benzene rings is 1. The molecule has 1 aromatic carbocycles. The highest BCUT2D eigenvalue weighted by Crippen LogP contribution is 2.28. The van der Waals surface area contributed by atoms with Crippen LogP contribution in [0.5, 0.6) is 0 Å². The van der Waals surface area contributed by atoms with Crippen molar-refractivity contribution in [2.45, 2.75) is 31.7 Å². The van der Waals surface area contributed by atoms with E-state index in [1.54, 1.807) is 18.1 Å². The van der Waals surface area contributed by atoms with Crippen LogP contribution in [0.15, 0.2) is 48.8 Å². The zero-order chi connectivity index (χ0) is 25.9. The van der Waals surface area contributed by atoms with Gasteiger partial charge in [0.15, 0.2) is 10.9 Å². The number of amides is 2. The summed E-state index contributed by atoms with van der Waals surface area (Å²) < 4.78 is 0. The number of pyridine rings is 2. The number of aromatic nitrogens is 2. The Morgan fingerprint density at radius 1 is 1.11 bits per heavy atom. The first kappa shape index (κ1) is 24.9. The number of nitrogens with zero attached hydrogens (tertiary/aromatic N) is 3. The van der Waals surface area contributed by atoms with Crippen molar-refractivity contribution in [3.05, 3.63) is 81.6 Å². The monoisotopic (exact) mass is 535 g/mol. The Kier molecular flexibility index (Phi) is 7.20. The molecule has 3 aromatic rings. The number of hydrogen-bond acceptors (Lipinski definition) is 6. The van der Waals surface area contributed by atoms with Crippen molar-refractivity contribution in [1.29, 1.82) is 0 Å². The summed E-state index contributed by atoms with van der Waals surface area (Å²) in [6.45, 7) is 0.611. The van der Waals surface area contributed by atoms with Crippen LogP contribution in [0.2, 0.25) is 5.02 Å². The normalized spacial score (nSPS) is 16.3. The van der Waals surface area contributed by atoms with E-state index >= 15 is 0 Å². The molecule has 1 fully saturated rings. The first-order valence-corrected chi connectivity index (χ1v) is 12.8. The number of thiocarbonyl (C=S) groups is 1. The molecular weight excluding hydrogens is 510 g/mol. The van der Waals surface area contributed by atoms with Crippen molar-refractivity contribution < 1.29 is 9.59 Å². The Labute approximate surface area is 225 Å². The summed E-state index contributed by atoms with van der Waals surface area (Å²) >= 11 is 11.8. The number of halogens is 1. The molecule has 1 aliphatic heterocycles. The van der Waals surface area contributed by atoms with Gasteiger partial charge < -0.3 is 15.5 Å². The Morgan fingerprint density at radius 3 is 2.65 bits per heavy atom. The molecule has 1 atom stereocenters. The van der Waals surface area contributed by atoms with Crippen LogP contribution in [0, 0.1) is 0 Å². The van der Waals surface area contributed by atoms with Gasteiger partial charge in [0.05, 0.1) is 10.6 Å². The molecule has 0 spiro atoms. The minimum Gasteiger partial charge on any atom is -0.344 e. The topological polar surface area (TPSA) is 111 Å². The maximum Gasteiger partial charge on any atom is 0.253 e. The largest absolute Gasteiger partial charge is 0.344 e. The average molecular weight is 536 g/mol. The Balaban J connectivity index is 1.21. The van der Waals surface area contributed by atoms with Gasteiger partial charge in [-0.3, -0.25) is 20.4 Å². The van der Waals surface area contributed by atoms with Crippen LogP contribution in [-0.2, 0) is 24.1 Å².